The van der Waals surface area contributed by atoms with Gasteiger partial charge in [0.1, 0.15) is 0 Å². The Balaban J connectivity index is 1.64. The number of hydrogen-bond acceptors (Lipinski definition) is 3. The Morgan fingerprint density at radius 3 is 3.00 bits per heavy atom. The summed E-state index contributed by atoms with van der Waals surface area (Å²) in [6.45, 7) is 9.50. The van der Waals surface area contributed by atoms with Crippen LogP contribution in [-0.2, 0) is 6.42 Å². The number of hydrogen-bond donors (Lipinski definition) is 1. The topological polar surface area (TPSA) is 18.5 Å². The van der Waals surface area contributed by atoms with E-state index < -0.39 is 0 Å². The van der Waals surface area contributed by atoms with Crippen LogP contribution >= 0.6 is 0 Å². The highest BCUT2D eigenvalue weighted by Gasteiger charge is 2.22. The second-order valence-corrected chi connectivity index (χ2v) is 6.15. The molecular weight excluding hydrogens is 246 g/mol. The quantitative estimate of drug-likeness (QED) is 0.910. The van der Waals surface area contributed by atoms with E-state index in [1.807, 2.05) is 0 Å². The van der Waals surface area contributed by atoms with Gasteiger partial charge in [-0.2, -0.15) is 0 Å². The van der Waals surface area contributed by atoms with Crippen LogP contribution in [-0.4, -0.2) is 50.2 Å². The molecule has 1 fully saturated rings. The molecule has 2 aliphatic rings. The number of aryl methyl sites for hydroxylation is 1. The highest BCUT2D eigenvalue weighted by Crippen LogP contribution is 2.30. The summed E-state index contributed by atoms with van der Waals surface area (Å²) >= 11 is 0. The van der Waals surface area contributed by atoms with E-state index in [4.69, 9.17) is 0 Å². The van der Waals surface area contributed by atoms with Crippen molar-refractivity contribution in [2.45, 2.75) is 32.2 Å². The number of nitrogens with one attached hydrogen (secondary N) is 1. The van der Waals surface area contributed by atoms with Crippen LogP contribution in [0.4, 0.5) is 5.69 Å². The standard InChI is InChI=1S/C17H27N3/c1-15-7-8-16-5-2-3-6-17(16)20(15)14-13-19-11-4-9-18-10-12-19/h2-3,5-6,15,18H,4,7-14H2,1H3. The summed E-state index contributed by atoms with van der Waals surface area (Å²) in [7, 11) is 0. The van der Waals surface area contributed by atoms with Gasteiger partial charge in [-0.05, 0) is 50.9 Å². The van der Waals surface area contributed by atoms with Crippen LogP contribution in [0.3, 0.4) is 0 Å². The second-order valence-electron chi connectivity index (χ2n) is 6.15. The molecule has 2 aliphatic heterocycles. The maximum Gasteiger partial charge on any atom is 0.0401 e. The fourth-order valence-corrected chi connectivity index (χ4v) is 3.48. The predicted octanol–water partition coefficient (Wildman–Crippen LogP) is 2.12. The molecular formula is C17H27N3. The van der Waals surface area contributed by atoms with Gasteiger partial charge in [0.2, 0.25) is 0 Å². The van der Waals surface area contributed by atoms with Gasteiger partial charge in [-0.3, -0.25) is 0 Å². The van der Waals surface area contributed by atoms with Gasteiger partial charge >= 0.3 is 0 Å². The summed E-state index contributed by atoms with van der Waals surface area (Å²) in [5.41, 5.74) is 3.00. The van der Waals surface area contributed by atoms with Crippen molar-refractivity contribution >= 4 is 5.69 Å². The lowest BCUT2D eigenvalue weighted by Crippen LogP contribution is -2.43. The largest absolute Gasteiger partial charge is 0.367 e. The Hall–Kier alpha value is -1.06. The first-order valence-corrected chi connectivity index (χ1v) is 8.12. The third-order valence-electron chi connectivity index (χ3n) is 4.75. The lowest BCUT2D eigenvalue weighted by molar-refractivity contribution is 0.294. The predicted molar refractivity (Wildman–Crippen MR) is 85.5 cm³/mol. The lowest BCUT2D eigenvalue weighted by atomic mass is 9.97. The van der Waals surface area contributed by atoms with E-state index in [0.717, 1.165) is 13.1 Å². The minimum Gasteiger partial charge on any atom is -0.367 e. The molecule has 2 heterocycles. The fraction of sp³-hybridized carbons (Fsp3) is 0.647. The Morgan fingerprint density at radius 1 is 1.15 bits per heavy atom. The number of benzene rings is 1. The van der Waals surface area contributed by atoms with Gasteiger partial charge in [0.25, 0.3) is 0 Å². The second kappa shape index (κ2) is 6.59. The first-order chi connectivity index (χ1) is 9.84. The SMILES string of the molecule is CC1CCc2ccccc2N1CCN1CCCNCC1. The van der Waals surface area contributed by atoms with Gasteiger partial charge in [-0.25, -0.2) is 0 Å². The number of anilines is 1. The summed E-state index contributed by atoms with van der Waals surface area (Å²) in [6.07, 6.45) is 3.81. The summed E-state index contributed by atoms with van der Waals surface area (Å²) in [5, 5.41) is 3.48. The maximum atomic E-state index is 3.48. The number of nitrogens with zero attached hydrogens (tertiary/aromatic N) is 2. The van der Waals surface area contributed by atoms with Crippen molar-refractivity contribution in [3.05, 3.63) is 29.8 Å². The van der Waals surface area contributed by atoms with Gasteiger partial charge in [0.05, 0.1) is 0 Å². The molecule has 1 aromatic rings. The van der Waals surface area contributed by atoms with Gasteiger partial charge in [0, 0.05) is 37.9 Å². The van der Waals surface area contributed by atoms with Crippen LogP contribution < -0.4 is 10.2 Å². The molecule has 0 spiro atoms. The molecule has 3 heteroatoms. The third kappa shape index (κ3) is 3.15. The lowest BCUT2D eigenvalue weighted by Gasteiger charge is -2.38. The van der Waals surface area contributed by atoms with E-state index in [0.29, 0.717) is 6.04 Å². The average Bonchev–Trinajstić information content (AvgIpc) is 2.75. The minimum absolute atomic E-state index is 0.676. The average molecular weight is 273 g/mol. The first-order valence-electron chi connectivity index (χ1n) is 8.12. The molecule has 0 amide bonds. The highest BCUT2D eigenvalue weighted by molar-refractivity contribution is 5.56. The third-order valence-corrected chi connectivity index (χ3v) is 4.75. The van der Waals surface area contributed by atoms with E-state index in [2.05, 4.69) is 46.3 Å². The Kier molecular flexibility index (Phi) is 4.58. The summed E-state index contributed by atoms with van der Waals surface area (Å²) in [5.74, 6) is 0. The van der Waals surface area contributed by atoms with Crippen LogP contribution in [0, 0.1) is 0 Å². The normalized spacial score (nSPS) is 24.2. The van der Waals surface area contributed by atoms with Crippen LogP contribution in [0.15, 0.2) is 24.3 Å². The molecule has 3 rings (SSSR count). The maximum absolute atomic E-state index is 3.48. The van der Waals surface area contributed by atoms with E-state index >= 15 is 0 Å². The van der Waals surface area contributed by atoms with Crippen LogP contribution in [0.1, 0.15) is 25.3 Å². The zero-order valence-electron chi connectivity index (χ0n) is 12.6. The molecule has 1 aromatic carbocycles. The fourth-order valence-electron chi connectivity index (χ4n) is 3.48. The molecule has 20 heavy (non-hydrogen) atoms. The minimum atomic E-state index is 0.676. The summed E-state index contributed by atoms with van der Waals surface area (Å²) < 4.78 is 0. The number of fused-ring (bicyclic) bond motifs is 1. The van der Waals surface area contributed by atoms with E-state index in [9.17, 15) is 0 Å². The van der Waals surface area contributed by atoms with Crippen molar-refractivity contribution in [1.82, 2.24) is 10.2 Å². The zero-order chi connectivity index (χ0) is 13.8. The smallest absolute Gasteiger partial charge is 0.0401 e. The van der Waals surface area contributed by atoms with Crippen molar-refractivity contribution in [1.29, 1.82) is 0 Å². The molecule has 110 valence electrons. The molecule has 0 radical (unpaired) electrons. The summed E-state index contributed by atoms with van der Waals surface area (Å²) in [6, 6.07) is 9.63. The summed E-state index contributed by atoms with van der Waals surface area (Å²) in [4.78, 5) is 5.24. The van der Waals surface area contributed by atoms with Gasteiger partial charge in [0.15, 0.2) is 0 Å². The van der Waals surface area contributed by atoms with Crippen molar-refractivity contribution in [2.75, 3.05) is 44.2 Å². The molecule has 0 bridgehead atoms. The van der Waals surface area contributed by atoms with Crippen molar-refractivity contribution in [2.24, 2.45) is 0 Å². The molecule has 0 aromatic heterocycles. The first kappa shape index (κ1) is 13.9. The Labute approximate surface area is 123 Å². The monoisotopic (exact) mass is 273 g/mol. The van der Waals surface area contributed by atoms with Crippen LogP contribution in [0.2, 0.25) is 0 Å². The van der Waals surface area contributed by atoms with Crippen molar-refractivity contribution < 1.29 is 0 Å². The van der Waals surface area contributed by atoms with Crippen molar-refractivity contribution in [3.63, 3.8) is 0 Å². The van der Waals surface area contributed by atoms with Crippen molar-refractivity contribution in [3.8, 4) is 0 Å². The Morgan fingerprint density at radius 2 is 2.05 bits per heavy atom. The molecule has 0 saturated carbocycles. The molecule has 1 saturated heterocycles. The highest BCUT2D eigenvalue weighted by atomic mass is 15.2. The van der Waals surface area contributed by atoms with Gasteiger partial charge in [-0.1, -0.05) is 18.2 Å². The molecule has 1 unspecified atom stereocenters. The zero-order valence-corrected chi connectivity index (χ0v) is 12.6. The van der Waals surface area contributed by atoms with Gasteiger partial charge in [-0.15, -0.1) is 0 Å². The van der Waals surface area contributed by atoms with E-state index in [1.54, 1.807) is 0 Å². The van der Waals surface area contributed by atoms with Crippen LogP contribution in [0.5, 0.6) is 0 Å². The Bertz CT molecular complexity index is 424. The van der Waals surface area contributed by atoms with Gasteiger partial charge < -0.3 is 15.1 Å². The van der Waals surface area contributed by atoms with Crippen LogP contribution in [0.25, 0.3) is 0 Å². The molecule has 3 nitrogen and oxygen atoms in total. The van der Waals surface area contributed by atoms with E-state index in [1.165, 1.54) is 56.7 Å². The van der Waals surface area contributed by atoms with E-state index in [-0.39, 0.29) is 0 Å². The molecule has 1 N–H and O–H groups in total. The molecule has 1 atom stereocenters. The molecule has 0 aliphatic carbocycles. The number of rotatable bonds is 3. The number of para-hydroxylation sites is 1.